The first kappa shape index (κ1) is 21.0. The van der Waals surface area contributed by atoms with Gasteiger partial charge in [-0.15, -0.1) is 0 Å². The highest BCUT2D eigenvalue weighted by Crippen LogP contribution is 2.25. The number of benzene rings is 1. The van der Waals surface area contributed by atoms with Crippen molar-refractivity contribution in [1.82, 2.24) is 20.4 Å². The minimum atomic E-state index is -1.43. The lowest BCUT2D eigenvalue weighted by Gasteiger charge is -2.38. The van der Waals surface area contributed by atoms with E-state index in [0.29, 0.717) is 30.7 Å². The van der Waals surface area contributed by atoms with Gasteiger partial charge in [0.25, 0.3) is 5.91 Å². The second kappa shape index (κ2) is 9.65. The van der Waals surface area contributed by atoms with E-state index < -0.39 is 5.60 Å². The maximum atomic E-state index is 14.1. The first-order valence-corrected chi connectivity index (χ1v) is 10.00. The van der Waals surface area contributed by atoms with Gasteiger partial charge in [-0.1, -0.05) is 0 Å². The lowest BCUT2D eigenvalue weighted by atomic mass is 9.91. The number of carbonyl (C=O) groups excluding carboxylic acids is 1. The van der Waals surface area contributed by atoms with Gasteiger partial charge in [-0.05, 0) is 31.0 Å². The number of halogens is 1. The van der Waals surface area contributed by atoms with Gasteiger partial charge in [0.05, 0.1) is 7.11 Å². The van der Waals surface area contributed by atoms with Crippen LogP contribution in [0.1, 0.15) is 18.4 Å². The molecule has 1 atom stereocenters. The summed E-state index contributed by atoms with van der Waals surface area (Å²) in [6.07, 6.45) is 1.11. The number of nitrogens with one attached hydrogen (secondary N) is 2. The van der Waals surface area contributed by atoms with Crippen LogP contribution in [0.15, 0.2) is 18.2 Å². The Morgan fingerprint density at radius 1 is 1.32 bits per heavy atom. The van der Waals surface area contributed by atoms with Gasteiger partial charge in [0.15, 0.2) is 5.60 Å². The van der Waals surface area contributed by atoms with Crippen molar-refractivity contribution in [3.05, 3.63) is 29.6 Å². The number of methoxy groups -OCH3 is 1. The summed E-state index contributed by atoms with van der Waals surface area (Å²) in [4.78, 5) is 16.8. The Morgan fingerprint density at radius 3 is 2.86 bits per heavy atom. The maximum Gasteiger partial charge on any atom is 0.256 e. The molecule has 2 saturated heterocycles. The summed E-state index contributed by atoms with van der Waals surface area (Å²) in [6.45, 7) is 6.51. The number of aliphatic hydroxyl groups is 1. The molecule has 1 unspecified atom stereocenters. The van der Waals surface area contributed by atoms with E-state index in [1.165, 1.54) is 13.2 Å². The summed E-state index contributed by atoms with van der Waals surface area (Å²) in [5.41, 5.74) is -1.04. The van der Waals surface area contributed by atoms with E-state index in [0.717, 1.165) is 39.3 Å². The first-order chi connectivity index (χ1) is 13.5. The lowest BCUT2D eigenvalue weighted by molar-refractivity contribution is -0.157. The van der Waals surface area contributed by atoms with Crippen LogP contribution in [0.4, 0.5) is 4.39 Å². The highest BCUT2D eigenvalue weighted by Gasteiger charge is 2.41. The van der Waals surface area contributed by atoms with Gasteiger partial charge in [-0.2, -0.15) is 0 Å². The van der Waals surface area contributed by atoms with E-state index in [2.05, 4.69) is 15.5 Å². The largest absolute Gasteiger partial charge is 0.497 e. The smallest absolute Gasteiger partial charge is 0.256 e. The number of amides is 1. The number of ether oxygens (including phenoxy) is 1. The van der Waals surface area contributed by atoms with Crippen molar-refractivity contribution < 1.29 is 19.0 Å². The zero-order valence-corrected chi connectivity index (χ0v) is 16.5. The zero-order chi connectivity index (χ0) is 20.0. The van der Waals surface area contributed by atoms with Crippen molar-refractivity contribution in [3.8, 4) is 5.75 Å². The topological polar surface area (TPSA) is 77.1 Å². The average molecular weight is 394 g/mol. The number of hydrogen-bond acceptors (Lipinski definition) is 6. The van der Waals surface area contributed by atoms with Gasteiger partial charge in [0, 0.05) is 64.5 Å². The molecule has 28 heavy (non-hydrogen) atoms. The van der Waals surface area contributed by atoms with Gasteiger partial charge < -0.3 is 25.4 Å². The Morgan fingerprint density at radius 2 is 2.11 bits per heavy atom. The second-order valence-electron chi connectivity index (χ2n) is 7.59. The normalized spacial score (nSPS) is 23.8. The summed E-state index contributed by atoms with van der Waals surface area (Å²) in [7, 11) is 1.52. The molecule has 156 valence electrons. The first-order valence-electron chi connectivity index (χ1n) is 10.00. The van der Waals surface area contributed by atoms with Crippen molar-refractivity contribution >= 4 is 5.91 Å². The Balaban J connectivity index is 1.53. The second-order valence-corrected chi connectivity index (χ2v) is 7.59. The molecule has 0 radical (unpaired) electrons. The Kier molecular flexibility index (Phi) is 7.23. The molecule has 2 fully saturated rings. The SMILES string of the molecule is COc1ccc(F)c(CN2CCCC(O)(CNCCN3CCNCC3)C2=O)c1. The number of piperidine rings is 1. The molecule has 1 aromatic rings. The molecule has 3 rings (SSSR count). The van der Waals surface area contributed by atoms with Crippen LogP contribution in [0.3, 0.4) is 0 Å². The molecular weight excluding hydrogens is 363 g/mol. The maximum absolute atomic E-state index is 14.1. The van der Waals surface area contributed by atoms with E-state index in [9.17, 15) is 14.3 Å². The molecule has 7 nitrogen and oxygen atoms in total. The molecule has 0 spiro atoms. The Hall–Kier alpha value is -1.74. The van der Waals surface area contributed by atoms with E-state index in [-0.39, 0.29) is 24.8 Å². The molecular formula is C20H31FN4O3. The molecule has 2 aliphatic heterocycles. The standard InChI is InChI=1S/C20H31FN4O3/c1-28-17-3-4-18(21)16(13-17)14-25-9-2-5-20(27,19(25)26)15-23-8-12-24-10-6-22-7-11-24/h3-4,13,22-23,27H,2,5-12,14-15H2,1H3. The summed E-state index contributed by atoms with van der Waals surface area (Å²) in [5.74, 6) is -0.168. The molecule has 0 aromatic heterocycles. The number of hydrogen-bond donors (Lipinski definition) is 3. The van der Waals surface area contributed by atoms with Gasteiger partial charge in [-0.3, -0.25) is 9.69 Å². The molecule has 1 amide bonds. The number of nitrogens with zero attached hydrogens (tertiary/aromatic N) is 2. The fourth-order valence-corrected chi connectivity index (χ4v) is 3.85. The molecule has 0 saturated carbocycles. The highest BCUT2D eigenvalue weighted by molar-refractivity contribution is 5.86. The molecule has 2 heterocycles. The van der Waals surface area contributed by atoms with Crippen molar-refractivity contribution in [1.29, 1.82) is 0 Å². The van der Waals surface area contributed by atoms with Crippen LogP contribution in [0.2, 0.25) is 0 Å². The molecule has 1 aromatic carbocycles. The fraction of sp³-hybridized carbons (Fsp3) is 0.650. The zero-order valence-electron chi connectivity index (χ0n) is 16.5. The third-order valence-corrected chi connectivity index (χ3v) is 5.55. The van der Waals surface area contributed by atoms with Crippen LogP contribution in [-0.2, 0) is 11.3 Å². The van der Waals surface area contributed by atoms with Crippen molar-refractivity contribution in [3.63, 3.8) is 0 Å². The monoisotopic (exact) mass is 394 g/mol. The number of carbonyl (C=O) groups is 1. The third kappa shape index (κ3) is 5.20. The summed E-state index contributed by atoms with van der Waals surface area (Å²) >= 11 is 0. The van der Waals surface area contributed by atoms with Crippen LogP contribution in [-0.4, -0.2) is 85.9 Å². The lowest BCUT2D eigenvalue weighted by Crippen LogP contribution is -2.58. The predicted molar refractivity (Wildman–Crippen MR) is 105 cm³/mol. The number of likely N-dealkylation sites (tertiary alicyclic amines) is 1. The number of rotatable bonds is 8. The Labute approximate surface area is 165 Å². The van der Waals surface area contributed by atoms with Gasteiger partial charge in [-0.25, -0.2) is 4.39 Å². The molecule has 2 aliphatic rings. The molecule has 3 N–H and O–H groups in total. The van der Waals surface area contributed by atoms with Crippen LogP contribution < -0.4 is 15.4 Å². The van der Waals surface area contributed by atoms with Crippen LogP contribution in [0.25, 0.3) is 0 Å². The van der Waals surface area contributed by atoms with E-state index in [1.807, 2.05) is 0 Å². The minimum Gasteiger partial charge on any atom is -0.497 e. The van der Waals surface area contributed by atoms with E-state index in [1.54, 1.807) is 17.0 Å². The Bertz CT molecular complexity index is 669. The van der Waals surface area contributed by atoms with Gasteiger partial charge in [0.1, 0.15) is 11.6 Å². The van der Waals surface area contributed by atoms with Crippen molar-refractivity contribution in [2.45, 2.75) is 25.0 Å². The predicted octanol–water partition coefficient (Wildman–Crippen LogP) is 0.183. The summed E-state index contributed by atoms with van der Waals surface area (Å²) < 4.78 is 19.3. The summed E-state index contributed by atoms with van der Waals surface area (Å²) in [6, 6.07) is 4.49. The van der Waals surface area contributed by atoms with Gasteiger partial charge >= 0.3 is 0 Å². The quantitative estimate of drug-likeness (QED) is 0.546. The van der Waals surface area contributed by atoms with Crippen LogP contribution >= 0.6 is 0 Å². The van der Waals surface area contributed by atoms with E-state index in [4.69, 9.17) is 4.74 Å². The van der Waals surface area contributed by atoms with E-state index >= 15 is 0 Å². The molecule has 8 heteroatoms. The van der Waals surface area contributed by atoms with Gasteiger partial charge in [0.2, 0.25) is 0 Å². The van der Waals surface area contributed by atoms with Crippen molar-refractivity contribution in [2.24, 2.45) is 0 Å². The molecule has 0 aliphatic carbocycles. The highest BCUT2D eigenvalue weighted by atomic mass is 19.1. The van der Waals surface area contributed by atoms with Crippen molar-refractivity contribution in [2.75, 3.05) is 59.5 Å². The molecule has 0 bridgehead atoms. The number of piperazine rings is 1. The minimum absolute atomic E-state index is 0.130. The van der Waals surface area contributed by atoms with Crippen LogP contribution in [0, 0.1) is 5.82 Å². The summed E-state index contributed by atoms with van der Waals surface area (Å²) in [5, 5.41) is 17.5. The van der Waals surface area contributed by atoms with Crippen LogP contribution in [0.5, 0.6) is 5.75 Å². The fourth-order valence-electron chi connectivity index (χ4n) is 3.85. The third-order valence-electron chi connectivity index (χ3n) is 5.55. The average Bonchev–Trinajstić information content (AvgIpc) is 2.71.